The van der Waals surface area contributed by atoms with E-state index >= 15 is 0 Å². The zero-order valence-electron chi connectivity index (χ0n) is 15.7. The monoisotopic (exact) mass is 443 g/mol. The van der Waals surface area contributed by atoms with Gasteiger partial charge in [-0.2, -0.15) is 0 Å². The van der Waals surface area contributed by atoms with Crippen LogP contribution in [0.3, 0.4) is 0 Å². The van der Waals surface area contributed by atoms with Gasteiger partial charge >= 0.3 is 0 Å². The number of primary amides is 1. The van der Waals surface area contributed by atoms with Crippen molar-refractivity contribution in [2.75, 3.05) is 11.4 Å². The van der Waals surface area contributed by atoms with E-state index in [-0.39, 0.29) is 5.91 Å². The molecule has 3 N–H and O–H groups in total. The van der Waals surface area contributed by atoms with Crippen LogP contribution in [0.5, 0.6) is 0 Å². The highest BCUT2D eigenvalue weighted by molar-refractivity contribution is 9.10. The lowest BCUT2D eigenvalue weighted by Crippen LogP contribution is -2.42. The number of hydrogen-bond acceptors (Lipinski definition) is 3. The summed E-state index contributed by atoms with van der Waals surface area (Å²) in [7, 11) is 0. The molecule has 0 saturated carbocycles. The SMILES string of the molecule is Cc1cc(C)cc(N2CC[C@H](C(=O)N[C@H](C(N)=O)c3cccc(Br)c3)C2=O)c1. The average molecular weight is 444 g/mol. The van der Waals surface area contributed by atoms with E-state index in [1.807, 2.05) is 38.1 Å². The Kier molecular flexibility index (Phi) is 5.84. The first kappa shape index (κ1) is 20.1. The average Bonchev–Trinajstić information content (AvgIpc) is 3.00. The molecule has 1 heterocycles. The van der Waals surface area contributed by atoms with Crippen molar-refractivity contribution in [1.82, 2.24) is 5.32 Å². The number of nitrogens with one attached hydrogen (secondary N) is 1. The molecule has 7 heteroatoms. The number of carbonyl (C=O) groups is 3. The summed E-state index contributed by atoms with van der Waals surface area (Å²) < 4.78 is 0.767. The van der Waals surface area contributed by atoms with Crippen LogP contribution < -0.4 is 16.0 Å². The summed E-state index contributed by atoms with van der Waals surface area (Å²) >= 11 is 3.34. The number of nitrogens with two attached hydrogens (primary N) is 1. The van der Waals surface area contributed by atoms with Gasteiger partial charge in [-0.1, -0.05) is 34.1 Å². The zero-order valence-corrected chi connectivity index (χ0v) is 17.3. The fraction of sp³-hybridized carbons (Fsp3) is 0.286. The Bertz CT molecular complexity index is 924. The van der Waals surface area contributed by atoms with Crippen LogP contribution in [-0.2, 0) is 14.4 Å². The normalized spacial score (nSPS) is 17.5. The molecule has 28 heavy (non-hydrogen) atoms. The van der Waals surface area contributed by atoms with Gasteiger partial charge in [0.1, 0.15) is 12.0 Å². The van der Waals surface area contributed by atoms with Crippen molar-refractivity contribution in [3.05, 3.63) is 63.6 Å². The Balaban J connectivity index is 1.77. The van der Waals surface area contributed by atoms with Gasteiger partial charge in [-0.15, -0.1) is 0 Å². The predicted octanol–water partition coefficient (Wildman–Crippen LogP) is 2.76. The van der Waals surface area contributed by atoms with Crippen molar-refractivity contribution in [3.63, 3.8) is 0 Å². The standard InChI is InChI=1S/C21H22BrN3O3/c1-12-8-13(2)10-16(9-12)25-7-6-17(21(25)28)20(27)24-18(19(23)26)14-4-3-5-15(22)11-14/h3-5,8-11,17-18H,6-7H2,1-2H3,(H2,23,26)(H,24,27)/t17-,18+/m1/s1. The lowest BCUT2D eigenvalue weighted by atomic mass is 10.0. The Labute approximate surface area is 172 Å². The lowest BCUT2D eigenvalue weighted by Gasteiger charge is -2.20. The van der Waals surface area contributed by atoms with Crippen molar-refractivity contribution >= 4 is 39.3 Å². The molecule has 0 aliphatic carbocycles. The van der Waals surface area contributed by atoms with Gasteiger partial charge in [-0.25, -0.2) is 0 Å². The van der Waals surface area contributed by atoms with Crippen LogP contribution in [0.15, 0.2) is 46.9 Å². The second-order valence-corrected chi connectivity index (χ2v) is 7.99. The van der Waals surface area contributed by atoms with Gasteiger partial charge < -0.3 is 16.0 Å². The lowest BCUT2D eigenvalue weighted by molar-refractivity contribution is -0.134. The third-order valence-corrected chi connectivity index (χ3v) is 5.29. The van der Waals surface area contributed by atoms with E-state index in [4.69, 9.17) is 5.73 Å². The van der Waals surface area contributed by atoms with Gasteiger partial charge in [0.05, 0.1) is 0 Å². The number of carbonyl (C=O) groups excluding carboxylic acids is 3. The molecular weight excluding hydrogens is 422 g/mol. The molecule has 146 valence electrons. The van der Waals surface area contributed by atoms with Crippen LogP contribution in [0.1, 0.15) is 29.2 Å². The fourth-order valence-corrected chi connectivity index (χ4v) is 3.95. The quantitative estimate of drug-likeness (QED) is 0.695. The molecule has 0 radical (unpaired) electrons. The summed E-state index contributed by atoms with van der Waals surface area (Å²) in [4.78, 5) is 39.1. The van der Waals surface area contributed by atoms with Gasteiger partial charge in [0.15, 0.2) is 0 Å². The minimum Gasteiger partial charge on any atom is -0.368 e. The smallest absolute Gasteiger partial charge is 0.244 e. The first-order valence-corrected chi connectivity index (χ1v) is 9.80. The Hall–Kier alpha value is -2.67. The number of nitrogens with zero attached hydrogens (tertiary/aromatic N) is 1. The predicted molar refractivity (Wildman–Crippen MR) is 111 cm³/mol. The number of anilines is 1. The van der Waals surface area contributed by atoms with Gasteiger partial charge in [-0.3, -0.25) is 14.4 Å². The van der Waals surface area contributed by atoms with E-state index in [9.17, 15) is 14.4 Å². The zero-order chi connectivity index (χ0) is 20.4. The number of aryl methyl sites for hydroxylation is 2. The third kappa shape index (κ3) is 4.25. The first-order valence-electron chi connectivity index (χ1n) is 9.01. The summed E-state index contributed by atoms with van der Waals surface area (Å²) in [5, 5.41) is 2.65. The van der Waals surface area contributed by atoms with Crippen LogP contribution in [0.4, 0.5) is 5.69 Å². The number of halogens is 1. The maximum absolute atomic E-state index is 12.9. The van der Waals surface area contributed by atoms with Crippen molar-refractivity contribution in [2.24, 2.45) is 11.7 Å². The molecule has 6 nitrogen and oxygen atoms in total. The maximum atomic E-state index is 12.9. The van der Waals surface area contributed by atoms with Crippen LogP contribution >= 0.6 is 15.9 Å². The van der Waals surface area contributed by atoms with Gasteiger partial charge in [0.2, 0.25) is 17.7 Å². The van der Waals surface area contributed by atoms with Crippen molar-refractivity contribution < 1.29 is 14.4 Å². The van der Waals surface area contributed by atoms with Gasteiger partial charge in [0, 0.05) is 16.7 Å². The molecular formula is C21H22BrN3O3. The molecule has 1 aliphatic heterocycles. The molecule has 2 aromatic rings. The highest BCUT2D eigenvalue weighted by atomic mass is 79.9. The molecule has 1 aliphatic rings. The molecule has 3 amide bonds. The Morgan fingerprint density at radius 2 is 1.86 bits per heavy atom. The fourth-order valence-electron chi connectivity index (χ4n) is 3.53. The van der Waals surface area contributed by atoms with Gasteiger partial charge in [0.25, 0.3) is 0 Å². The molecule has 0 spiro atoms. The van der Waals surface area contributed by atoms with Crippen LogP contribution in [0.25, 0.3) is 0 Å². The number of rotatable bonds is 5. The number of amides is 3. The molecule has 2 atom stereocenters. The number of hydrogen-bond donors (Lipinski definition) is 2. The summed E-state index contributed by atoms with van der Waals surface area (Å²) in [5.41, 5.74) is 8.95. The van der Waals surface area contributed by atoms with Gasteiger partial charge in [-0.05, 0) is 61.2 Å². The highest BCUT2D eigenvalue weighted by Crippen LogP contribution is 2.28. The maximum Gasteiger partial charge on any atom is 0.244 e. The molecule has 2 aromatic carbocycles. The van der Waals surface area contributed by atoms with Crippen molar-refractivity contribution in [1.29, 1.82) is 0 Å². The van der Waals surface area contributed by atoms with E-state index in [1.165, 1.54) is 0 Å². The third-order valence-electron chi connectivity index (χ3n) is 4.79. The van der Waals surface area contributed by atoms with Crippen LogP contribution in [-0.4, -0.2) is 24.3 Å². The van der Waals surface area contributed by atoms with E-state index < -0.39 is 23.8 Å². The molecule has 1 saturated heterocycles. The molecule has 0 bridgehead atoms. The van der Waals surface area contributed by atoms with E-state index in [2.05, 4.69) is 21.2 Å². The van der Waals surface area contributed by atoms with Crippen molar-refractivity contribution in [2.45, 2.75) is 26.3 Å². The Morgan fingerprint density at radius 3 is 2.46 bits per heavy atom. The second-order valence-electron chi connectivity index (χ2n) is 7.08. The summed E-state index contributed by atoms with van der Waals surface area (Å²) in [6, 6.07) is 11.9. The Morgan fingerprint density at radius 1 is 1.18 bits per heavy atom. The van der Waals surface area contributed by atoms with Crippen LogP contribution in [0.2, 0.25) is 0 Å². The molecule has 0 unspecified atom stereocenters. The molecule has 0 aromatic heterocycles. The topological polar surface area (TPSA) is 92.5 Å². The summed E-state index contributed by atoms with van der Waals surface area (Å²) in [6.45, 7) is 4.39. The second kappa shape index (κ2) is 8.14. The van der Waals surface area contributed by atoms with E-state index in [0.29, 0.717) is 18.5 Å². The highest BCUT2D eigenvalue weighted by Gasteiger charge is 2.39. The summed E-state index contributed by atoms with van der Waals surface area (Å²) in [5.74, 6) is -2.27. The minimum absolute atomic E-state index is 0.264. The minimum atomic E-state index is -0.993. The van der Waals surface area contributed by atoms with E-state index in [0.717, 1.165) is 21.3 Å². The summed E-state index contributed by atoms with van der Waals surface area (Å²) in [6.07, 6.45) is 0.390. The largest absolute Gasteiger partial charge is 0.368 e. The molecule has 1 fully saturated rings. The van der Waals surface area contributed by atoms with Crippen LogP contribution in [0, 0.1) is 19.8 Å². The van der Waals surface area contributed by atoms with E-state index in [1.54, 1.807) is 23.1 Å². The molecule has 3 rings (SSSR count). The first-order chi connectivity index (χ1) is 13.3. The van der Waals surface area contributed by atoms with Crippen molar-refractivity contribution in [3.8, 4) is 0 Å². The number of benzene rings is 2.